The first kappa shape index (κ1) is 25.6. The van der Waals surface area contributed by atoms with Gasteiger partial charge in [0.15, 0.2) is 11.5 Å². The van der Waals surface area contributed by atoms with Crippen LogP contribution in [-0.4, -0.2) is 61.5 Å². The van der Waals surface area contributed by atoms with E-state index in [1.807, 2.05) is 6.92 Å². The molecule has 9 heteroatoms. The average Bonchev–Trinajstić information content (AvgIpc) is 2.88. The Balaban J connectivity index is 1.98. The van der Waals surface area contributed by atoms with Gasteiger partial charge in [-0.25, -0.2) is 4.79 Å². The van der Waals surface area contributed by atoms with Gasteiger partial charge < -0.3 is 14.4 Å². The molecule has 9 nitrogen and oxygen atoms in total. The summed E-state index contributed by atoms with van der Waals surface area (Å²) >= 11 is 0. The Hall–Kier alpha value is -4.06. The van der Waals surface area contributed by atoms with E-state index in [0.29, 0.717) is 54.2 Å². The molecule has 0 aromatic heterocycles. The number of rotatable bonds is 7. The first-order valence-electron chi connectivity index (χ1n) is 11.3. The second-order valence-corrected chi connectivity index (χ2v) is 8.45. The molecule has 0 spiro atoms. The Morgan fingerprint density at radius 2 is 1.91 bits per heavy atom. The predicted molar refractivity (Wildman–Crippen MR) is 130 cm³/mol. The van der Waals surface area contributed by atoms with Crippen LogP contribution < -0.4 is 14.4 Å². The van der Waals surface area contributed by atoms with Crippen molar-refractivity contribution in [3.05, 3.63) is 53.1 Å². The number of nitrogens with zero attached hydrogens (tertiary/aromatic N) is 4. The summed E-state index contributed by atoms with van der Waals surface area (Å²) < 4.78 is 10.6. The van der Waals surface area contributed by atoms with Crippen LogP contribution in [-0.2, 0) is 16.1 Å². The Bertz CT molecular complexity index is 1140. The fourth-order valence-corrected chi connectivity index (χ4v) is 4.37. The van der Waals surface area contributed by atoms with E-state index in [4.69, 9.17) is 9.47 Å². The molecule has 1 aliphatic rings. The largest absolute Gasteiger partial charge is 0.493 e. The third-order valence-electron chi connectivity index (χ3n) is 6.17. The van der Waals surface area contributed by atoms with E-state index in [-0.39, 0.29) is 18.5 Å². The molecule has 1 heterocycles. The molecule has 0 bridgehead atoms. The monoisotopic (exact) mass is 478 g/mol. The number of urea groups is 1. The van der Waals surface area contributed by atoms with Gasteiger partial charge in [0, 0.05) is 25.7 Å². The zero-order valence-corrected chi connectivity index (χ0v) is 20.5. The van der Waals surface area contributed by atoms with Crippen LogP contribution in [0, 0.1) is 18.3 Å². The summed E-state index contributed by atoms with van der Waals surface area (Å²) in [5.41, 5.74) is 2.50. The highest BCUT2D eigenvalue weighted by molar-refractivity contribution is 5.98. The first-order chi connectivity index (χ1) is 16.8. The standard InChI is InChI=1S/C26H30N4O5/c1-18-12-20(14-27)7-9-23(18)30(22-6-5-11-28(16-22)19(2)32)26(33)29(17-31)15-21-8-10-24(34-3)25(13-21)35-4/h7-10,12-13,17,22H,5-6,11,15-16H2,1-4H3. The summed E-state index contributed by atoms with van der Waals surface area (Å²) in [5.74, 6) is 0.977. The molecule has 2 aromatic rings. The number of likely N-dealkylation sites (tertiary alicyclic amines) is 1. The first-order valence-corrected chi connectivity index (χ1v) is 11.3. The molecular weight excluding hydrogens is 448 g/mol. The van der Waals surface area contributed by atoms with Gasteiger partial charge in [0.2, 0.25) is 12.3 Å². The maximum absolute atomic E-state index is 13.8. The van der Waals surface area contributed by atoms with Crippen LogP contribution in [0.2, 0.25) is 0 Å². The van der Waals surface area contributed by atoms with E-state index in [2.05, 4.69) is 6.07 Å². The smallest absolute Gasteiger partial charge is 0.331 e. The molecular formula is C26H30N4O5. The minimum atomic E-state index is -0.502. The lowest BCUT2D eigenvalue weighted by Crippen LogP contribution is -2.55. The zero-order chi connectivity index (χ0) is 25.5. The maximum atomic E-state index is 13.8. The minimum absolute atomic E-state index is 0.0255. The van der Waals surface area contributed by atoms with Crippen LogP contribution in [0.15, 0.2) is 36.4 Å². The van der Waals surface area contributed by atoms with Gasteiger partial charge in [-0.05, 0) is 61.2 Å². The van der Waals surface area contributed by atoms with Crippen LogP contribution in [0.4, 0.5) is 10.5 Å². The number of methoxy groups -OCH3 is 2. The molecule has 2 aromatic carbocycles. The Labute approximate surface area is 205 Å². The summed E-state index contributed by atoms with van der Waals surface area (Å²) in [6.07, 6.45) is 1.93. The molecule has 1 unspecified atom stereocenters. The fraction of sp³-hybridized carbons (Fsp3) is 0.385. The number of anilines is 1. The van der Waals surface area contributed by atoms with Crippen LogP contribution >= 0.6 is 0 Å². The van der Waals surface area contributed by atoms with E-state index in [0.717, 1.165) is 16.9 Å². The van der Waals surface area contributed by atoms with Crippen molar-refractivity contribution in [3.63, 3.8) is 0 Å². The number of aryl methyl sites for hydroxylation is 1. The lowest BCUT2D eigenvalue weighted by atomic mass is 10.0. The topological polar surface area (TPSA) is 103 Å². The quantitative estimate of drug-likeness (QED) is 0.565. The Morgan fingerprint density at radius 3 is 2.51 bits per heavy atom. The van der Waals surface area contributed by atoms with Crippen LogP contribution in [0.25, 0.3) is 0 Å². The van der Waals surface area contributed by atoms with Crippen molar-refractivity contribution < 1.29 is 23.9 Å². The van der Waals surface area contributed by atoms with Gasteiger partial charge in [-0.1, -0.05) is 6.07 Å². The van der Waals surface area contributed by atoms with Crippen molar-refractivity contribution in [2.45, 2.75) is 39.3 Å². The van der Waals surface area contributed by atoms with E-state index in [1.54, 1.807) is 46.2 Å². The molecule has 0 N–H and O–H groups in total. The van der Waals surface area contributed by atoms with Crippen molar-refractivity contribution in [2.24, 2.45) is 0 Å². The van der Waals surface area contributed by atoms with E-state index >= 15 is 0 Å². The molecule has 184 valence electrons. The maximum Gasteiger partial charge on any atom is 0.331 e. The summed E-state index contributed by atoms with van der Waals surface area (Å²) in [7, 11) is 3.05. The number of piperidine rings is 1. The number of hydrogen-bond donors (Lipinski definition) is 0. The zero-order valence-electron chi connectivity index (χ0n) is 20.5. The summed E-state index contributed by atoms with van der Waals surface area (Å²) in [6, 6.07) is 11.6. The molecule has 1 atom stereocenters. The number of benzene rings is 2. The molecule has 35 heavy (non-hydrogen) atoms. The lowest BCUT2D eigenvalue weighted by Gasteiger charge is -2.40. The van der Waals surface area contributed by atoms with Crippen molar-refractivity contribution >= 4 is 24.0 Å². The van der Waals surface area contributed by atoms with Crippen molar-refractivity contribution in [3.8, 4) is 17.6 Å². The number of nitriles is 1. The van der Waals surface area contributed by atoms with Gasteiger partial charge in [-0.3, -0.25) is 19.4 Å². The molecule has 1 saturated heterocycles. The molecule has 0 aliphatic carbocycles. The number of hydrogen-bond acceptors (Lipinski definition) is 6. The third kappa shape index (κ3) is 5.72. The lowest BCUT2D eigenvalue weighted by molar-refractivity contribution is -0.130. The molecule has 3 rings (SSSR count). The van der Waals surface area contributed by atoms with Crippen LogP contribution in [0.3, 0.4) is 0 Å². The van der Waals surface area contributed by atoms with Gasteiger partial charge in [-0.2, -0.15) is 5.26 Å². The van der Waals surface area contributed by atoms with Gasteiger partial charge >= 0.3 is 6.03 Å². The fourth-order valence-electron chi connectivity index (χ4n) is 4.37. The number of carbonyl (C=O) groups is 3. The van der Waals surface area contributed by atoms with E-state index in [1.165, 1.54) is 21.1 Å². The third-order valence-corrected chi connectivity index (χ3v) is 6.17. The summed E-state index contributed by atoms with van der Waals surface area (Å²) in [5, 5.41) is 9.27. The van der Waals surface area contributed by atoms with Crippen LogP contribution in [0.5, 0.6) is 11.5 Å². The Morgan fingerprint density at radius 1 is 1.17 bits per heavy atom. The predicted octanol–water partition coefficient (Wildman–Crippen LogP) is 3.48. The molecule has 1 aliphatic heterocycles. The van der Waals surface area contributed by atoms with Crippen molar-refractivity contribution in [1.29, 1.82) is 5.26 Å². The molecule has 1 fully saturated rings. The molecule has 4 amide bonds. The van der Waals surface area contributed by atoms with Gasteiger partial charge in [0.25, 0.3) is 0 Å². The van der Waals surface area contributed by atoms with E-state index < -0.39 is 6.03 Å². The number of imide groups is 1. The number of carbonyl (C=O) groups excluding carboxylic acids is 3. The van der Waals surface area contributed by atoms with Crippen LogP contribution in [0.1, 0.15) is 36.5 Å². The minimum Gasteiger partial charge on any atom is -0.493 e. The number of amides is 4. The number of ether oxygens (including phenoxy) is 2. The second-order valence-electron chi connectivity index (χ2n) is 8.45. The van der Waals surface area contributed by atoms with Gasteiger partial charge in [0.1, 0.15) is 0 Å². The van der Waals surface area contributed by atoms with Gasteiger partial charge in [-0.15, -0.1) is 0 Å². The normalized spacial score (nSPS) is 15.1. The highest BCUT2D eigenvalue weighted by Gasteiger charge is 2.34. The van der Waals surface area contributed by atoms with Crippen molar-refractivity contribution in [2.75, 3.05) is 32.2 Å². The summed E-state index contributed by atoms with van der Waals surface area (Å²) in [6.45, 7) is 4.35. The van der Waals surface area contributed by atoms with Gasteiger partial charge in [0.05, 0.1) is 38.4 Å². The average molecular weight is 479 g/mol. The highest BCUT2D eigenvalue weighted by atomic mass is 16.5. The second kappa shape index (κ2) is 11.4. The molecule has 0 radical (unpaired) electrons. The Kier molecular flexibility index (Phi) is 8.31. The summed E-state index contributed by atoms with van der Waals surface area (Å²) in [4.78, 5) is 42.4. The highest BCUT2D eigenvalue weighted by Crippen LogP contribution is 2.30. The van der Waals surface area contributed by atoms with E-state index in [9.17, 15) is 19.6 Å². The molecule has 0 saturated carbocycles. The van der Waals surface area contributed by atoms with Crippen molar-refractivity contribution in [1.82, 2.24) is 9.80 Å². The SMILES string of the molecule is COc1ccc(CN(C=O)C(=O)N(c2ccc(C#N)cc2C)C2CCCN(C(C)=O)C2)cc1OC.